The number of phenolic OH excluding ortho intramolecular Hbond substituents is 1. The highest BCUT2D eigenvalue weighted by molar-refractivity contribution is 5.46. The van der Waals surface area contributed by atoms with E-state index in [9.17, 15) is 5.11 Å². The normalized spacial score (nSPS) is 10.2. The highest BCUT2D eigenvalue weighted by atomic mass is 16.3. The second kappa shape index (κ2) is 4.71. The Balaban J connectivity index is 2.05. The van der Waals surface area contributed by atoms with Crippen molar-refractivity contribution >= 4 is 5.69 Å². The molecule has 2 aromatic carbocycles. The zero-order valence-electron chi connectivity index (χ0n) is 9.06. The smallest absolute Gasteiger partial charge is 0.115 e. The van der Waals surface area contributed by atoms with E-state index in [1.54, 1.807) is 12.1 Å². The molecular weight excluding hydrogens is 198 g/mol. The fourth-order valence-electron chi connectivity index (χ4n) is 1.75. The molecule has 0 saturated heterocycles. The Hall–Kier alpha value is -1.96. The quantitative estimate of drug-likeness (QED) is 0.770. The van der Waals surface area contributed by atoms with Crippen LogP contribution in [0.15, 0.2) is 48.5 Å². The zero-order valence-corrected chi connectivity index (χ0v) is 9.06. The van der Waals surface area contributed by atoms with Gasteiger partial charge in [-0.3, -0.25) is 0 Å². The number of nitrogen functional groups attached to an aromatic ring is 1. The van der Waals surface area contributed by atoms with Gasteiger partial charge in [0.2, 0.25) is 0 Å². The summed E-state index contributed by atoms with van der Waals surface area (Å²) < 4.78 is 0. The SMILES string of the molecule is Nc1ccccc1CCc1cccc(O)c1. The summed E-state index contributed by atoms with van der Waals surface area (Å²) in [5.41, 5.74) is 8.99. The van der Waals surface area contributed by atoms with Crippen LogP contribution in [0.25, 0.3) is 0 Å². The van der Waals surface area contributed by atoms with Crippen LogP contribution in [0.1, 0.15) is 11.1 Å². The summed E-state index contributed by atoms with van der Waals surface area (Å²) in [4.78, 5) is 0. The molecule has 0 heterocycles. The number of rotatable bonds is 3. The maximum Gasteiger partial charge on any atom is 0.115 e. The van der Waals surface area contributed by atoms with E-state index in [1.807, 2.05) is 36.4 Å². The van der Waals surface area contributed by atoms with Crippen LogP contribution in [0.3, 0.4) is 0 Å². The minimum Gasteiger partial charge on any atom is -0.508 e. The first-order valence-electron chi connectivity index (χ1n) is 5.37. The molecule has 0 atom stereocenters. The van der Waals surface area contributed by atoms with Gasteiger partial charge in [-0.25, -0.2) is 0 Å². The van der Waals surface area contributed by atoms with Gasteiger partial charge in [-0.1, -0.05) is 30.3 Å². The van der Waals surface area contributed by atoms with Crippen molar-refractivity contribution in [2.75, 3.05) is 5.73 Å². The molecule has 82 valence electrons. The number of aromatic hydroxyl groups is 1. The average Bonchev–Trinajstić information content (AvgIpc) is 2.28. The van der Waals surface area contributed by atoms with Crippen LogP contribution in [0, 0.1) is 0 Å². The Morgan fingerprint density at radius 2 is 1.75 bits per heavy atom. The van der Waals surface area contributed by atoms with E-state index in [4.69, 9.17) is 5.73 Å². The Labute approximate surface area is 95.4 Å². The number of anilines is 1. The van der Waals surface area contributed by atoms with Crippen molar-refractivity contribution in [3.63, 3.8) is 0 Å². The van der Waals surface area contributed by atoms with E-state index < -0.39 is 0 Å². The van der Waals surface area contributed by atoms with Crippen LogP contribution < -0.4 is 5.73 Å². The van der Waals surface area contributed by atoms with Gasteiger partial charge < -0.3 is 10.8 Å². The Morgan fingerprint density at radius 1 is 0.938 bits per heavy atom. The maximum atomic E-state index is 9.34. The molecule has 2 heteroatoms. The van der Waals surface area contributed by atoms with Crippen LogP contribution in [-0.4, -0.2) is 5.11 Å². The largest absolute Gasteiger partial charge is 0.508 e. The van der Waals surface area contributed by atoms with Gasteiger partial charge in [-0.2, -0.15) is 0 Å². The van der Waals surface area contributed by atoms with Crippen LogP contribution >= 0.6 is 0 Å². The molecule has 0 amide bonds. The summed E-state index contributed by atoms with van der Waals surface area (Å²) in [5.74, 6) is 0.318. The Morgan fingerprint density at radius 3 is 2.50 bits per heavy atom. The molecule has 0 aliphatic rings. The lowest BCUT2D eigenvalue weighted by molar-refractivity contribution is 0.474. The van der Waals surface area contributed by atoms with Crippen molar-refractivity contribution in [3.8, 4) is 5.75 Å². The van der Waals surface area contributed by atoms with Gasteiger partial charge >= 0.3 is 0 Å². The fraction of sp³-hybridized carbons (Fsp3) is 0.143. The summed E-state index contributed by atoms with van der Waals surface area (Å²) in [6, 6.07) is 15.2. The van der Waals surface area contributed by atoms with E-state index >= 15 is 0 Å². The molecule has 0 aliphatic carbocycles. The van der Waals surface area contributed by atoms with Crippen LogP contribution in [0.4, 0.5) is 5.69 Å². The van der Waals surface area contributed by atoms with Crippen molar-refractivity contribution in [1.29, 1.82) is 0 Å². The molecule has 0 bridgehead atoms. The molecule has 0 unspecified atom stereocenters. The molecule has 2 aromatic rings. The summed E-state index contributed by atoms with van der Waals surface area (Å²) >= 11 is 0. The van der Waals surface area contributed by atoms with Crippen molar-refractivity contribution in [3.05, 3.63) is 59.7 Å². The van der Waals surface area contributed by atoms with Gasteiger partial charge in [-0.15, -0.1) is 0 Å². The minimum absolute atomic E-state index is 0.318. The lowest BCUT2D eigenvalue weighted by atomic mass is 10.0. The zero-order chi connectivity index (χ0) is 11.4. The summed E-state index contributed by atoms with van der Waals surface area (Å²) in [5, 5.41) is 9.34. The summed E-state index contributed by atoms with van der Waals surface area (Å²) in [6.45, 7) is 0. The molecule has 16 heavy (non-hydrogen) atoms. The predicted octanol–water partition coefficient (Wildman–Crippen LogP) is 2.76. The molecule has 0 fully saturated rings. The van der Waals surface area contributed by atoms with Crippen LogP contribution in [-0.2, 0) is 12.8 Å². The summed E-state index contributed by atoms with van der Waals surface area (Å²) in [6.07, 6.45) is 1.79. The van der Waals surface area contributed by atoms with Gasteiger partial charge in [-0.05, 0) is 42.2 Å². The second-order valence-electron chi connectivity index (χ2n) is 3.87. The van der Waals surface area contributed by atoms with Crippen molar-refractivity contribution < 1.29 is 5.11 Å². The highest BCUT2D eigenvalue weighted by Crippen LogP contribution is 2.16. The van der Waals surface area contributed by atoms with Crippen LogP contribution in [0.5, 0.6) is 5.75 Å². The van der Waals surface area contributed by atoms with E-state index in [-0.39, 0.29) is 0 Å². The second-order valence-corrected chi connectivity index (χ2v) is 3.87. The van der Waals surface area contributed by atoms with Gasteiger partial charge in [0.15, 0.2) is 0 Å². The van der Waals surface area contributed by atoms with Gasteiger partial charge in [0.25, 0.3) is 0 Å². The van der Waals surface area contributed by atoms with E-state index in [2.05, 4.69) is 0 Å². The standard InChI is InChI=1S/C14H15NO/c15-14-7-2-1-5-12(14)9-8-11-4-3-6-13(16)10-11/h1-7,10,16H,8-9,15H2. The van der Waals surface area contributed by atoms with Gasteiger partial charge in [0.1, 0.15) is 5.75 Å². The number of para-hydroxylation sites is 1. The van der Waals surface area contributed by atoms with Crippen molar-refractivity contribution in [1.82, 2.24) is 0 Å². The van der Waals surface area contributed by atoms with E-state index in [0.717, 1.165) is 29.7 Å². The number of nitrogens with two attached hydrogens (primary N) is 1. The molecule has 0 aliphatic heterocycles. The number of hydrogen-bond donors (Lipinski definition) is 2. The molecule has 3 N–H and O–H groups in total. The molecular formula is C14H15NO. The average molecular weight is 213 g/mol. The van der Waals surface area contributed by atoms with E-state index in [0.29, 0.717) is 5.75 Å². The van der Waals surface area contributed by atoms with Gasteiger partial charge in [0, 0.05) is 5.69 Å². The molecule has 0 saturated carbocycles. The highest BCUT2D eigenvalue weighted by Gasteiger charge is 1.99. The topological polar surface area (TPSA) is 46.2 Å². The lowest BCUT2D eigenvalue weighted by Gasteiger charge is -2.05. The molecule has 2 rings (SSSR count). The number of benzene rings is 2. The Kier molecular flexibility index (Phi) is 3.10. The number of phenols is 1. The first-order valence-corrected chi connectivity index (χ1v) is 5.37. The molecule has 0 spiro atoms. The maximum absolute atomic E-state index is 9.34. The van der Waals surface area contributed by atoms with Crippen molar-refractivity contribution in [2.24, 2.45) is 0 Å². The third-order valence-corrected chi connectivity index (χ3v) is 2.65. The van der Waals surface area contributed by atoms with Crippen LogP contribution in [0.2, 0.25) is 0 Å². The monoisotopic (exact) mass is 213 g/mol. The first-order chi connectivity index (χ1) is 7.75. The summed E-state index contributed by atoms with van der Waals surface area (Å²) in [7, 11) is 0. The molecule has 0 aromatic heterocycles. The third kappa shape index (κ3) is 2.54. The van der Waals surface area contributed by atoms with Gasteiger partial charge in [0.05, 0.1) is 0 Å². The van der Waals surface area contributed by atoms with Crippen molar-refractivity contribution in [2.45, 2.75) is 12.8 Å². The fourth-order valence-corrected chi connectivity index (χ4v) is 1.75. The number of aryl methyl sites for hydroxylation is 2. The third-order valence-electron chi connectivity index (χ3n) is 2.65. The molecule has 2 nitrogen and oxygen atoms in total. The number of hydrogen-bond acceptors (Lipinski definition) is 2. The first kappa shape index (κ1) is 10.6. The lowest BCUT2D eigenvalue weighted by Crippen LogP contribution is -1.96. The predicted molar refractivity (Wildman–Crippen MR) is 66.4 cm³/mol. The minimum atomic E-state index is 0.318. The Bertz CT molecular complexity index is 480. The molecule has 0 radical (unpaired) electrons. The van der Waals surface area contributed by atoms with E-state index in [1.165, 1.54) is 0 Å².